The molecule has 0 aromatic heterocycles. The molecule has 1 nitrogen and oxygen atoms in total. The number of aliphatic hydroxyl groups is 1. The van der Waals surface area contributed by atoms with E-state index in [0.29, 0.717) is 0 Å². The summed E-state index contributed by atoms with van der Waals surface area (Å²) in [4.78, 5) is 0. The first-order valence-corrected chi connectivity index (χ1v) is 7.16. The molecule has 1 aliphatic carbocycles. The molecule has 1 aromatic carbocycles. The summed E-state index contributed by atoms with van der Waals surface area (Å²) in [7, 11) is 0. The number of aliphatic hydroxyl groups excluding tert-OH is 1. The fourth-order valence-corrected chi connectivity index (χ4v) is 3.65. The van der Waals surface area contributed by atoms with E-state index in [-0.39, 0.29) is 17.4 Å². The molecular formula is C18H24O. The second kappa shape index (κ2) is 5.34. The van der Waals surface area contributed by atoms with Gasteiger partial charge in [-0.15, -0.1) is 6.58 Å². The van der Waals surface area contributed by atoms with Gasteiger partial charge in [-0.2, -0.15) is 0 Å². The Kier molecular flexibility index (Phi) is 3.96. The van der Waals surface area contributed by atoms with Crippen molar-refractivity contribution < 1.29 is 5.11 Å². The average Bonchev–Trinajstić information content (AvgIpc) is 2.97. The van der Waals surface area contributed by atoms with Crippen LogP contribution in [-0.4, -0.2) is 11.7 Å². The van der Waals surface area contributed by atoms with Crippen molar-refractivity contribution in [2.45, 2.75) is 38.0 Å². The van der Waals surface area contributed by atoms with E-state index < -0.39 is 0 Å². The third kappa shape index (κ3) is 1.88. The monoisotopic (exact) mass is 256 g/mol. The van der Waals surface area contributed by atoms with Crippen LogP contribution >= 0.6 is 0 Å². The van der Waals surface area contributed by atoms with E-state index in [1.165, 1.54) is 24.0 Å². The number of benzene rings is 1. The number of hydrogen-bond acceptors (Lipinski definition) is 1. The van der Waals surface area contributed by atoms with E-state index in [9.17, 15) is 5.11 Å². The summed E-state index contributed by atoms with van der Waals surface area (Å²) in [5.74, 6) is 0. The van der Waals surface area contributed by atoms with E-state index in [4.69, 9.17) is 0 Å². The number of allylic oxidation sites excluding steroid dienone is 1. The van der Waals surface area contributed by atoms with Gasteiger partial charge in [0.15, 0.2) is 0 Å². The van der Waals surface area contributed by atoms with E-state index in [1.54, 1.807) is 0 Å². The van der Waals surface area contributed by atoms with E-state index in [0.717, 1.165) is 12.8 Å². The van der Waals surface area contributed by atoms with Crippen LogP contribution in [-0.2, 0) is 5.41 Å². The second-order valence-electron chi connectivity index (χ2n) is 5.59. The molecule has 102 valence electrons. The van der Waals surface area contributed by atoms with Crippen molar-refractivity contribution in [1.82, 2.24) is 0 Å². The summed E-state index contributed by atoms with van der Waals surface area (Å²) in [6, 6.07) is 10.3. The molecule has 0 amide bonds. The molecule has 1 N–H and O–H groups in total. The Labute approximate surface area is 116 Å². The molecule has 0 spiro atoms. The van der Waals surface area contributed by atoms with Crippen molar-refractivity contribution in [2.24, 2.45) is 5.41 Å². The maximum Gasteiger partial charge on any atom is 0.0574 e. The Balaban J connectivity index is 2.40. The van der Waals surface area contributed by atoms with Crippen LogP contribution in [0, 0.1) is 5.41 Å². The third-order valence-electron chi connectivity index (χ3n) is 4.80. The van der Waals surface area contributed by atoms with E-state index >= 15 is 0 Å². The summed E-state index contributed by atoms with van der Waals surface area (Å²) in [5.41, 5.74) is 2.14. The zero-order valence-electron chi connectivity index (χ0n) is 11.9. The lowest BCUT2D eigenvalue weighted by atomic mass is 9.81. The minimum absolute atomic E-state index is 0.0147. The molecule has 0 aliphatic heterocycles. The Morgan fingerprint density at radius 1 is 1.26 bits per heavy atom. The summed E-state index contributed by atoms with van der Waals surface area (Å²) in [5, 5.41) is 10.0. The van der Waals surface area contributed by atoms with Crippen LogP contribution < -0.4 is 0 Å². The fourth-order valence-electron chi connectivity index (χ4n) is 3.65. The van der Waals surface area contributed by atoms with Gasteiger partial charge in [-0.05, 0) is 18.4 Å². The zero-order chi connectivity index (χ0) is 13.9. The van der Waals surface area contributed by atoms with Gasteiger partial charge in [0.25, 0.3) is 0 Å². The summed E-state index contributed by atoms with van der Waals surface area (Å²) in [6.45, 7) is 10.5. The summed E-state index contributed by atoms with van der Waals surface area (Å²) >= 11 is 0. The maximum atomic E-state index is 10.0. The molecule has 0 radical (unpaired) electrons. The maximum absolute atomic E-state index is 10.0. The van der Waals surface area contributed by atoms with Crippen molar-refractivity contribution in [3.63, 3.8) is 0 Å². The highest BCUT2D eigenvalue weighted by Gasteiger charge is 2.69. The van der Waals surface area contributed by atoms with Gasteiger partial charge in [-0.1, -0.05) is 68.3 Å². The first-order chi connectivity index (χ1) is 9.19. The molecule has 1 saturated carbocycles. The summed E-state index contributed by atoms with van der Waals surface area (Å²) in [6.07, 6.45) is 6.30. The van der Waals surface area contributed by atoms with Crippen LogP contribution in [0.15, 0.2) is 55.1 Å². The quantitative estimate of drug-likeness (QED) is 0.723. The molecule has 1 aliphatic rings. The highest BCUT2D eigenvalue weighted by Crippen LogP contribution is 2.72. The lowest BCUT2D eigenvalue weighted by Gasteiger charge is -2.23. The molecular weight excluding hydrogens is 232 g/mol. The molecule has 0 bridgehead atoms. The zero-order valence-corrected chi connectivity index (χ0v) is 11.9. The molecule has 0 saturated heterocycles. The van der Waals surface area contributed by atoms with E-state index in [2.05, 4.69) is 32.2 Å². The number of hydrogen-bond donors (Lipinski definition) is 1. The minimum Gasteiger partial charge on any atom is -0.395 e. The van der Waals surface area contributed by atoms with Crippen LogP contribution in [0.25, 0.3) is 0 Å². The van der Waals surface area contributed by atoms with Crippen LogP contribution in [0.4, 0.5) is 0 Å². The third-order valence-corrected chi connectivity index (χ3v) is 4.80. The molecule has 2 rings (SSSR count). The standard InChI is InChI=1S/C18H24O/c1-4-6-13-17(12-5-2)15(3)18(17,14-19)16-10-8-7-9-11-16/h5,7-11,19H,2-4,6,12-14H2,1H3. The van der Waals surface area contributed by atoms with Crippen LogP contribution in [0.1, 0.15) is 38.2 Å². The normalized spacial score (nSPS) is 29.3. The van der Waals surface area contributed by atoms with Gasteiger partial charge in [0.1, 0.15) is 0 Å². The molecule has 1 heteroatoms. The van der Waals surface area contributed by atoms with Gasteiger partial charge < -0.3 is 5.11 Å². The Morgan fingerprint density at radius 3 is 2.47 bits per heavy atom. The van der Waals surface area contributed by atoms with Gasteiger partial charge in [0.2, 0.25) is 0 Å². The molecule has 2 unspecified atom stereocenters. The largest absolute Gasteiger partial charge is 0.395 e. The lowest BCUT2D eigenvalue weighted by Crippen LogP contribution is -2.23. The molecule has 1 aromatic rings. The second-order valence-corrected chi connectivity index (χ2v) is 5.59. The van der Waals surface area contributed by atoms with Crippen molar-refractivity contribution in [2.75, 3.05) is 6.61 Å². The average molecular weight is 256 g/mol. The predicted octanol–water partition coefficient (Wildman–Crippen LogP) is 4.24. The van der Waals surface area contributed by atoms with Crippen molar-refractivity contribution >= 4 is 0 Å². The van der Waals surface area contributed by atoms with Crippen LogP contribution in [0.3, 0.4) is 0 Å². The minimum atomic E-state index is -0.252. The number of rotatable bonds is 7. The van der Waals surface area contributed by atoms with Gasteiger partial charge in [-0.25, -0.2) is 0 Å². The first-order valence-electron chi connectivity index (χ1n) is 7.16. The van der Waals surface area contributed by atoms with E-state index in [1.807, 2.05) is 24.3 Å². The smallest absolute Gasteiger partial charge is 0.0574 e. The Morgan fingerprint density at radius 2 is 1.95 bits per heavy atom. The highest BCUT2D eigenvalue weighted by atomic mass is 16.3. The Bertz CT molecular complexity index is 462. The summed E-state index contributed by atoms with van der Waals surface area (Å²) < 4.78 is 0. The molecule has 19 heavy (non-hydrogen) atoms. The van der Waals surface area contributed by atoms with Gasteiger partial charge in [0.05, 0.1) is 6.61 Å². The van der Waals surface area contributed by atoms with Crippen LogP contribution in [0.2, 0.25) is 0 Å². The van der Waals surface area contributed by atoms with Crippen molar-refractivity contribution in [3.8, 4) is 0 Å². The Hall–Kier alpha value is -1.34. The first kappa shape index (κ1) is 14.1. The highest BCUT2D eigenvalue weighted by molar-refractivity contribution is 5.58. The van der Waals surface area contributed by atoms with Gasteiger partial charge in [-0.3, -0.25) is 0 Å². The topological polar surface area (TPSA) is 20.2 Å². The van der Waals surface area contributed by atoms with Crippen LogP contribution in [0.5, 0.6) is 0 Å². The van der Waals surface area contributed by atoms with Gasteiger partial charge >= 0.3 is 0 Å². The molecule has 1 fully saturated rings. The fraction of sp³-hybridized carbons (Fsp3) is 0.444. The SMILES string of the molecule is C=CCC1(CCCC)C(=C)C1(CO)c1ccccc1. The molecule has 0 heterocycles. The van der Waals surface area contributed by atoms with Crippen molar-refractivity contribution in [3.05, 3.63) is 60.7 Å². The lowest BCUT2D eigenvalue weighted by molar-refractivity contribution is 0.216. The number of unbranched alkanes of at least 4 members (excludes halogenated alkanes) is 1. The van der Waals surface area contributed by atoms with Gasteiger partial charge in [0, 0.05) is 10.8 Å². The molecule has 2 atom stereocenters. The predicted molar refractivity (Wildman–Crippen MR) is 81.1 cm³/mol. The van der Waals surface area contributed by atoms with Crippen molar-refractivity contribution in [1.29, 1.82) is 0 Å².